The van der Waals surface area contributed by atoms with Crippen molar-refractivity contribution in [2.75, 3.05) is 13.2 Å². The van der Waals surface area contributed by atoms with Gasteiger partial charge in [-0.1, -0.05) is 68.7 Å². The van der Waals surface area contributed by atoms with Gasteiger partial charge in [-0.25, -0.2) is 9.59 Å². The molecule has 0 aliphatic rings. The van der Waals surface area contributed by atoms with Crippen molar-refractivity contribution in [3.05, 3.63) is 72.3 Å². The molecule has 0 bridgehead atoms. The molecular weight excluding hydrogens is 404 g/mol. The van der Waals surface area contributed by atoms with Gasteiger partial charge in [0.15, 0.2) is 0 Å². The number of ether oxygens (including phenoxy) is 2. The second-order valence-corrected chi connectivity index (χ2v) is 7.70. The van der Waals surface area contributed by atoms with Crippen molar-refractivity contribution in [2.45, 2.75) is 45.4 Å². The molecule has 0 saturated heterocycles. The predicted molar refractivity (Wildman–Crippen MR) is 128 cm³/mol. The molecule has 2 rings (SSSR count). The lowest BCUT2D eigenvalue weighted by atomic mass is 10.0. The van der Waals surface area contributed by atoms with E-state index in [2.05, 4.69) is 6.58 Å². The number of carbonyl (C=O) groups is 2. The molecule has 0 atom stereocenters. The topological polar surface area (TPSA) is 72.8 Å². The minimum absolute atomic E-state index is 0.307. The molecule has 0 aliphatic carbocycles. The molecular formula is C27H32O5. The van der Waals surface area contributed by atoms with E-state index < -0.39 is 5.97 Å². The predicted octanol–water partition coefficient (Wildman–Crippen LogP) is 6.29. The molecule has 2 aromatic carbocycles. The van der Waals surface area contributed by atoms with E-state index in [9.17, 15) is 9.59 Å². The van der Waals surface area contributed by atoms with Gasteiger partial charge >= 0.3 is 11.9 Å². The van der Waals surface area contributed by atoms with Gasteiger partial charge in [-0.2, -0.15) is 0 Å². The maximum Gasteiger partial charge on any atom is 0.333 e. The molecule has 0 aliphatic heterocycles. The zero-order valence-corrected chi connectivity index (χ0v) is 18.7. The third-order valence-corrected chi connectivity index (χ3v) is 4.91. The smallest absolute Gasteiger partial charge is 0.333 e. The van der Waals surface area contributed by atoms with Crippen LogP contribution in [0.3, 0.4) is 0 Å². The Morgan fingerprint density at radius 1 is 0.844 bits per heavy atom. The molecule has 32 heavy (non-hydrogen) atoms. The Morgan fingerprint density at radius 3 is 1.94 bits per heavy atom. The van der Waals surface area contributed by atoms with Gasteiger partial charge in [-0.05, 0) is 54.7 Å². The van der Waals surface area contributed by atoms with Crippen molar-refractivity contribution in [2.24, 2.45) is 0 Å². The number of carbonyl (C=O) groups excluding carboxylic acids is 1. The van der Waals surface area contributed by atoms with Gasteiger partial charge in [0.1, 0.15) is 5.75 Å². The van der Waals surface area contributed by atoms with Crippen LogP contribution >= 0.6 is 0 Å². The van der Waals surface area contributed by atoms with E-state index in [-0.39, 0.29) is 5.97 Å². The quantitative estimate of drug-likeness (QED) is 0.214. The summed E-state index contributed by atoms with van der Waals surface area (Å²) in [6.45, 7) is 6.38. The Morgan fingerprint density at radius 2 is 1.38 bits per heavy atom. The average Bonchev–Trinajstić information content (AvgIpc) is 2.79. The van der Waals surface area contributed by atoms with Crippen molar-refractivity contribution in [3.8, 4) is 16.9 Å². The maximum absolute atomic E-state index is 11.3. The summed E-state index contributed by atoms with van der Waals surface area (Å²) in [5, 5.41) is 8.69. The van der Waals surface area contributed by atoms with E-state index in [1.54, 1.807) is 13.0 Å². The number of carboxylic acid groups (broad SMARTS) is 1. The first-order valence-corrected chi connectivity index (χ1v) is 11.0. The second-order valence-electron chi connectivity index (χ2n) is 7.70. The Kier molecular flexibility index (Phi) is 10.8. The van der Waals surface area contributed by atoms with Gasteiger partial charge in [-0.15, -0.1) is 0 Å². The maximum atomic E-state index is 11.3. The van der Waals surface area contributed by atoms with E-state index >= 15 is 0 Å². The largest absolute Gasteiger partial charge is 0.494 e. The average molecular weight is 437 g/mol. The van der Waals surface area contributed by atoms with E-state index in [0.29, 0.717) is 18.8 Å². The van der Waals surface area contributed by atoms with Gasteiger partial charge in [0.25, 0.3) is 0 Å². The number of hydrogen-bond donors (Lipinski definition) is 1. The number of benzene rings is 2. The third-order valence-electron chi connectivity index (χ3n) is 4.91. The molecule has 0 fully saturated rings. The highest BCUT2D eigenvalue weighted by Gasteiger charge is 2.02. The summed E-state index contributed by atoms with van der Waals surface area (Å²) in [4.78, 5) is 21.8. The van der Waals surface area contributed by atoms with Crippen LogP contribution in [0, 0.1) is 0 Å². The Balaban J connectivity index is 1.60. The number of carboxylic acids is 1. The van der Waals surface area contributed by atoms with Crippen LogP contribution in [0.5, 0.6) is 5.75 Å². The first-order valence-electron chi connectivity index (χ1n) is 11.0. The number of unbranched alkanes of at least 4 members (excludes halogenated alkanes) is 5. The molecule has 170 valence electrons. The minimum Gasteiger partial charge on any atom is -0.494 e. The first kappa shape index (κ1) is 24.9. The normalized spacial score (nSPS) is 10.8. The molecule has 0 unspecified atom stereocenters. The summed E-state index contributed by atoms with van der Waals surface area (Å²) in [5.74, 6) is -0.406. The summed E-state index contributed by atoms with van der Waals surface area (Å²) in [7, 11) is 0. The Bertz CT molecular complexity index is 895. The molecule has 0 saturated carbocycles. The molecule has 2 aromatic rings. The van der Waals surface area contributed by atoms with Crippen LogP contribution < -0.4 is 4.74 Å². The minimum atomic E-state index is -0.955. The highest BCUT2D eigenvalue weighted by molar-refractivity contribution is 5.87. The number of aliphatic carboxylic acids is 1. The van der Waals surface area contributed by atoms with Crippen LogP contribution in [0.25, 0.3) is 17.2 Å². The fourth-order valence-corrected chi connectivity index (χ4v) is 3.09. The molecule has 0 spiro atoms. The molecule has 0 aromatic heterocycles. The van der Waals surface area contributed by atoms with Crippen LogP contribution in [0.2, 0.25) is 0 Å². The SMILES string of the molecule is C=C(C)C(=O)OCCCCCCCCOc1ccc(-c2ccc(/C=C/C(=O)O)cc2)cc1. The molecule has 5 nitrogen and oxygen atoms in total. The fourth-order valence-electron chi connectivity index (χ4n) is 3.09. The second kappa shape index (κ2) is 13.9. The summed E-state index contributed by atoms with van der Waals surface area (Å²) >= 11 is 0. The van der Waals surface area contributed by atoms with Crippen molar-refractivity contribution in [1.82, 2.24) is 0 Å². The van der Waals surface area contributed by atoms with Crippen molar-refractivity contribution >= 4 is 18.0 Å². The van der Waals surface area contributed by atoms with Crippen molar-refractivity contribution in [1.29, 1.82) is 0 Å². The Labute approximate surface area is 190 Å². The zero-order chi connectivity index (χ0) is 23.2. The number of rotatable bonds is 14. The van der Waals surface area contributed by atoms with E-state index in [0.717, 1.165) is 67.0 Å². The summed E-state index contributed by atoms with van der Waals surface area (Å²) < 4.78 is 10.9. The van der Waals surface area contributed by atoms with Gasteiger partial charge in [0, 0.05) is 11.6 Å². The fraction of sp³-hybridized carbons (Fsp3) is 0.333. The highest BCUT2D eigenvalue weighted by atomic mass is 16.5. The third kappa shape index (κ3) is 9.65. The highest BCUT2D eigenvalue weighted by Crippen LogP contribution is 2.23. The lowest BCUT2D eigenvalue weighted by Gasteiger charge is -2.08. The monoisotopic (exact) mass is 436 g/mol. The summed E-state index contributed by atoms with van der Waals surface area (Å²) in [6.07, 6.45) is 9.06. The van der Waals surface area contributed by atoms with Crippen LogP contribution in [-0.2, 0) is 14.3 Å². The molecule has 0 radical (unpaired) electrons. The first-order chi connectivity index (χ1) is 15.5. The van der Waals surface area contributed by atoms with Crippen LogP contribution in [0.15, 0.2) is 66.8 Å². The van der Waals surface area contributed by atoms with E-state index in [4.69, 9.17) is 14.6 Å². The van der Waals surface area contributed by atoms with Crippen LogP contribution in [-0.4, -0.2) is 30.3 Å². The molecule has 0 amide bonds. The van der Waals surface area contributed by atoms with Gasteiger partial charge in [0.05, 0.1) is 13.2 Å². The van der Waals surface area contributed by atoms with Gasteiger partial charge < -0.3 is 14.6 Å². The molecule has 1 N–H and O–H groups in total. The molecule has 0 heterocycles. The van der Waals surface area contributed by atoms with Crippen LogP contribution in [0.4, 0.5) is 0 Å². The van der Waals surface area contributed by atoms with E-state index in [1.165, 1.54) is 0 Å². The lowest BCUT2D eigenvalue weighted by molar-refractivity contribution is -0.139. The van der Waals surface area contributed by atoms with Crippen molar-refractivity contribution in [3.63, 3.8) is 0 Å². The standard InChI is InChI=1S/C27H32O5/c1-21(2)27(30)32-20-8-6-4-3-5-7-19-31-25-16-14-24(15-17-25)23-12-9-22(10-13-23)11-18-26(28)29/h9-18H,1,3-8,19-20H2,2H3,(H,28,29)/b18-11+. The van der Waals surface area contributed by atoms with Crippen LogP contribution in [0.1, 0.15) is 51.0 Å². The van der Waals surface area contributed by atoms with E-state index in [1.807, 2.05) is 48.5 Å². The van der Waals surface area contributed by atoms with Gasteiger partial charge in [-0.3, -0.25) is 0 Å². The lowest BCUT2D eigenvalue weighted by Crippen LogP contribution is -2.06. The molecule has 5 heteroatoms. The summed E-state index contributed by atoms with van der Waals surface area (Å²) in [6, 6.07) is 15.7. The Hall–Kier alpha value is -3.34. The zero-order valence-electron chi connectivity index (χ0n) is 18.7. The summed E-state index contributed by atoms with van der Waals surface area (Å²) in [5.41, 5.74) is 3.45. The number of esters is 1. The number of hydrogen-bond acceptors (Lipinski definition) is 4. The van der Waals surface area contributed by atoms with Crippen molar-refractivity contribution < 1.29 is 24.2 Å². The van der Waals surface area contributed by atoms with Gasteiger partial charge in [0.2, 0.25) is 0 Å².